The average Bonchev–Trinajstić information content (AvgIpc) is 3.30. The zero-order chi connectivity index (χ0) is 50.2. The summed E-state index contributed by atoms with van der Waals surface area (Å²) in [5.74, 6) is -6.68. The monoisotopic (exact) mass is 955 g/mol. The Labute approximate surface area is 401 Å². The van der Waals surface area contributed by atoms with Crippen LogP contribution in [0.4, 0.5) is 17.1 Å². The Morgan fingerprint density at radius 2 is 0.797 bits per heavy atom. The fourth-order valence-electron chi connectivity index (χ4n) is 10.5. The third-order valence-electron chi connectivity index (χ3n) is 14.9. The zero-order valence-electron chi connectivity index (χ0n) is 39.7. The van der Waals surface area contributed by atoms with Gasteiger partial charge in [-0.05, 0) is 112 Å². The molecule has 20 heteroatoms. The maximum absolute atomic E-state index is 14.1. The lowest BCUT2D eigenvalue weighted by molar-refractivity contribution is -0.122. The lowest BCUT2D eigenvalue weighted by Gasteiger charge is -2.39. The number of aromatic hydroxyl groups is 3. The summed E-state index contributed by atoms with van der Waals surface area (Å²) in [4.78, 5) is 70.5. The van der Waals surface area contributed by atoms with E-state index in [-0.39, 0.29) is 72.5 Å². The summed E-state index contributed by atoms with van der Waals surface area (Å²) in [7, 11) is 0. The molecule has 3 fully saturated rings. The van der Waals surface area contributed by atoms with Gasteiger partial charge in [0.15, 0.2) is 11.5 Å². The van der Waals surface area contributed by atoms with Gasteiger partial charge in [0.05, 0.1) is 45.9 Å². The second-order valence-corrected chi connectivity index (χ2v) is 19.6. The number of phenols is 3. The molecular formula is C49H70N12O8. The topological polar surface area (TPSA) is 374 Å². The number of benzene rings is 3. The van der Waals surface area contributed by atoms with Crippen molar-refractivity contribution in [3.8, 4) is 17.2 Å². The predicted octanol–water partition coefficient (Wildman–Crippen LogP) is 1.13. The number of rotatable bonds is 3. The van der Waals surface area contributed by atoms with Crippen molar-refractivity contribution < 1.29 is 39.3 Å². The molecule has 3 aromatic rings. The highest BCUT2D eigenvalue weighted by molar-refractivity contribution is 6.04. The van der Waals surface area contributed by atoms with Gasteiger partial charge in [-0.1, -0.05) is 26.8 Å². The summed E-state index contributed by atoms with van der Waals surface area (Å²) in [5.41, 5.74) is 41.8. The molecule has 69 heavy (non-hydrogen) atoms. The van der Waals surface area contributed by atoms with Crippen molar-refractivity contribution in [2.24, 2.45) is 52.2 Å². The first-order chi connectivity index (χ1) is 32.7. The van der Waals surface area contributed by atoms with Crippen molar-refractivity contribution in [2.45, 2.75) is 146 Å². The van der Waals surface area contributed by atoms with Crippen LogP contribution in [0.2, 0.25) is 0 Å². The van der Waals surface area contributed by atoms with E-state index in [1.54, 1.807) is 18.2 Å². The molecule has 20 nitrogen and oxygen atoms in total. The number of hydrogen-bond donors (Lipinski definition) is 15. The number of carbonyl (C=O) groups is 5. The zero-order valence-corrected chi connectivity index (χ0v) is 39.7. The molecule has 12 bridgehead atoms. The van der Waals surface area contributed by atoms with E-state index in [9.17, 15) is 39.3 Å². The molecule has 13 atom stereocenters. The first-order valence-corrected chi connectivity index (χ1v) is 24.1. The van der Waals surface area contributed by atoms with Gasteiger partial charge in [-0.3, -0.25) is 24.0 Å². The van der Waals surface area contributed by atoms with Crippen LogP contribution in [-0.4, -0.2) is 99.2 Å². The molecule has 1 heterocycles. The normalized spacial score (nSPS) is 31.6. The van der Waals surface area contributed by atoms with Gasteiger partial charge in [0.25, 0.3) is 11.8 Å². The molecule has 21 N–H and O–H groups in total. The van der Waals surface area contributed by atoms with Gasteiger partial charge < -0.3 is 81.6 Å². The van der Waals surface area contributed by atoms with Gasteiger partial charge in [0.1, 0.15) is 5.75 Å². The number of aryl methyl sites for hydroxylation is 3. The summed E-state index contributed by atoms with van der Waals surface area (Å²) < 4.78 is 0. The number of nitrogens with two attached hydrogens (primary N) is 6. The molecular weight excluding hydrogens is 885 g/mol. The third kappa shape index (κ3) is 10.8. The Morgan fingerprint density at radius 3 is 1.17 bits per heavy atom. The fraction of sp³-hybridized carbons (Fsp3) is 0.531. The second kappa shape index (κ2) is 21.0. The first kappa shape index (κ1) is 51.0. The fourth-order valence-corrected chi connectivity index (χ4v) is 10.5. The standard InChI is InChI=1S/C49H70N12O8/c1-5-21-8-24-20(4)56-36-14-25(30(50)17-33(36)53)45(65)60-40-12-22(6-2)9-28(43(40)63)48(68)58-38-16-27(32(52)19-35(38)55)47(67)61-41-13-23(7-3)10-29(44(41)64)49(69)57-37-15-26(31(51)18-34(37)54)46(66)59-39(11-21)42(24)62/h8-13,20,25-27,30-38,56,62-64H,5-7,14-19,50-55H2,1-4H3,(H,57,69)(H,58,68)(H,59,66)(H,60,65)(H,61,67)/t20?,25-,26-,27-,30-,31-,32-,33+,34+,35+,36+,37+,38+/m1/s1. The molecule has 5 amide bonds. The van der Waals surface area contributed by atoms with Crippen molar-refractivity contribution >= 4 is 46.6 Å². The van der Waals surface area contributed by atoms with E-state index < -0.39 is 119 Å². The van der Waals surface area contributed by atoms with Crippen LogP contribution in [0.5, 0.6) is 17.2 Å². The third-order valence-corrected chi connectivity index (χ3v) is 14.9. The SMILES string of the molecule is CCc1cc2c(O)c(c1)C(=O)N[C@H]1C[C@@H](C(=O)Nc3cc(CC)cc(c3O)C(C)N[C@H]3C[C@@H](C(=O)Nc4cc(CC)cc(c4O)C(=O)N[C@H]4C[C@@H](C(=O)N2)[C@H](N)C[C@@H]4N)[C@H](N)C[C@@H]3N)[C@H](N)C[C@@H]1N. The molecule has 3 aliphatic carbocycles. The van der Waals surface area contributed by atoms with E-state index in [2.05, 4.69) is 31.9 Å². The van der Waals surface area contributed by atoms with E-state index in [0.29, 0.717) is 36.0 Å². The van der Waals surface area contributed by atoms with Gasteiger partial charge in [-0.15, -0.1) is 0 Å². The van der Waals surface area contributed by atoms with Crippen molar-refractivity contribution in [3.05, 3.63) is 69.8 Å². The summed E-state index contributed by atoms with van der Waals surface area (Å²) in [6, 6.07) is 3.21. The Balaban J connectivity index is 1.26. The van der Waals surface area contributed by atoms with Crippen LogP contribution in [0.25, 0.3) is 0 Å². The van der Waals surface area contributed by atoms with Crippen molar-refractivity contribution in [1.29, 1.82) is 0 Å². The van der Waals surface area contributed by atoms with Gasteiger partial charge in [-0.2, -0.15) is 0 Å². The summed E-state index contributed by atoms with van der Waals surface area (Å²) in [6.45, 7) is 7.48. The molecule has 0 spiro atoms. The Bertz CT molecular complexity index is 2470. The minimum atomic E-state index is -0.914. The maximum Gasteiger partial charge on any atom is 0.255 e. The predicted molar refractivity (Wildman–Crippen MR) is 262 cm³/mol. The van der Waals surface area contributed by atoms with E-state index in [1.807, 2.05) is 33.8 Å². The molecule has 0 radical (unpaired) electrons. The van der Waals surface area contributed by atoms with Gasteiger partial charge >= 0.3 is 0 Å². The molecule has 1 aliphatic heterocycles. The molecule has 374 valence electrons. The second-order valence-electron chi connectivity index (χ2n) is 19.6. The summed E-state index contributed by atoms with van der Waals surface area (Å²) in [5, 5.41) is 52.7. The number of amides is 5. The van der Waals surface area contributed by atoms with E-state index in [1.165, 1.54) is 12.1 Å². The minimum Gasteiger partial charge on any atom is -0.505 e. The minimum absolute atomic E-state index is 0.00178. The van der Waals surface area contributed by atoms with Crippen LogP contribution in [0.1, 0.15) is 115 Å². The summed E-state index contributed by atoms with van der Waals surface area (Å²) in [6.07, 6.45) is 2.23. The van der Waals surface area contributed by atoms with Crippen LogP contribution in [0, 0.1) is 17.8 Å². The highest BCUT2D eigenvalue weighted by atomic mass is 16.3. The van der Waals surface area contributed by atoms with Crippen LogP contribution in [-0.2, 0) is 33.6 Å². The van der Waals surface area contributed by atoms with Gasteiger partial charge in [-0.25, -0.2) is 0 Å². The molecule has 0 saturated heterocycles. The van der Waals surface area contributed by atoms with Gasteiger partial charge in [0, 0.05) is 66.0 Å². The number of anilines is 3. The van der Waals surface area contributed by atoms with Crippen molar-refractivity contribution in [1.82, 2.24) is 16.0 Å². The number of fused-ring (bicyclic) bond motifs is 12. The van der Waals surface area contributed by atoms with Crippen LogP contribution >= 0.6 is 0 Å². The molecule has 4 aliphatic rings. The first-order valence-electron chi connectivity index (χ1n) is 24.1. The highest BCUT2D eigenvalue weighted by Gasteiger charge is 2.42. The largest absolute Gasteiger partial charge is 0.505 e. The van der Waals surface area contributed by atoms with Crippen LogP contribution in [0.15, 0.2) is 36.4 Å². The Kier molecular flexibility index (Phi) is 15.5. The molecule has 1 unspecified atom stereocenters. The van der Waals surface area contributed by atoms with E-state index >= 15 is 0 Å². The smallest absolute Gasteiger partial charge is 0.255 e. The molecule has 3 aromatic carbocycles. The highest BCUT2D eigenvalue weighted by Crippen LogP contribution is 2.38. The Hall–Kier alpha value is -5.87. The Morgan fingerprint density at radius 1 is 0.464 bits per heavy atom. The van der Waals surface area contributed by atoms with Crippen molar-refractivity contribution in [3.63, 3.8) is 0 Å². The van der Waals surface area contributed by atoms with Crippen molar-refractivity contribution in [2.75, 3.05) is 16.0 Å². The van der Waals surface area contributed by atoms with Gasteiger partial charge in [0.2, 0.25) is 17.7 Å². The lowest BCUT2D eigenvalue weighted by Crippen LogP contribution is -2.58. The van der Waals surface area contributed by atoms with Crippen LogP contribution in [0.3, 0.4) is 0 Å². The number of nitrogens with one attached hydrogen (secondary N) is 6. The number of hydrogen-bond acceptors (Lipinski definition) is 15. The molecule has 3 saturated carbocycles. The molecule has 7 rings (SSSR count). The lowest BCUT2D eigenvalue weighted by atomic mass is 9.78. The number of carbonyl (C=O) groups excluding carboxylic acids is 5. The summed E-state index contributed by atoms with van der Waals surface area (Å²) >= 11 is 0. The van der Waals surface area contributed by atoms with Crippen LogP contribution < -0.4 is 66.3 Å². The average molecular weight is 955 g/mol. The quantitative estimate of drug-likeness (QED) is 0.164. The number of phenolic OH excluding ortho intramolecular Hbond substituents is 3. The maximum atomic E-state index is 14.1. The van der Waals surface area contributed by atoms with E-state index in [4.69, 9.17) is 34.4 Å². The van der Waals surface area contributed by atoms with E-state index in [0.717, 1.165) is 5.56 Å². The molecule has 0 aromatic heterocycles.